The van der Waals surface area contributed by atoms with E-state index in [4.69, 9.17) is 13.6 Å². The molecule has 6 rings (SSSR count). The zero-order valence-corrected chi connectivity index (χ0v) is 25.4. The van der Waals surface area contributed by atoms with E-state index in [-0.39, 0.29) is 0 Å². The number of unbranched alkanes of at least 4 members (excludes halogenated alkanes) is 7. The van der Waals surface area contributed by atoms with Crippen molar-refractivity contribution in [3.05, 3.63) is 101 Å². The van der Waals surface area contributed by atoms with Gasteiger partial charge in [-0.15, -0.1) is 0 Å². The smallest absolute Gasteiger partial charge is 0.274 e. The maximum atomic E-state index is 6.11. The number of aryl methyl sites for hydroxylation is 1. The first-order valence-electron chi connectivity index (χ1n) is 15.6. The van der Waals surface area contributed by atoms with Gasteiger partial charge in [0.1, 0.15) is 16.8 Å². The monoisotopic (exact) mass is 580 g/mol. The first kappa shape index (κ1) is 29.1. The molecule has 44 heavy (non-hydrogen) atoms. The van der Waals surface area contributed by atoms with Gasteiger partial charge in [-0.2, -0.15) is 0 Å². The summed E-state index contributed by atoms with van der Waals surface area (Å²) in [7, 11) is 0. The molecule has 2 heterocycles. The predicted octanol–water partition coefficient (Wildman–Crippen LogP) is 9.75. The van der Waals surface area contributed by atoms with Crippen LogP contribution in [0.5, 0.6) is 5.75 Å². The van der Waals surface area contributed by atoms with E-state index < -0.39 is 0 Å². The third-order valence-electron chi connectivity index (χ3n) is 7.70. The molecule has 0 saturated carbocycles. The number of rotatable bonds is 10. The predicted molar refractivity (Wildman–Crippen MR) is 177 cm³/mol. The zero-order valence-electron chi connectivity index (χ0n) is 25.4. The van der Waals surface area contributed by atoms with Crippen molar-refractivity contribution in [1.29, 1.82) is 0 Å². The van der Waals surface area contributed by atoms with E-state index in [2.05, 4.69) is 47.5 Å². The normalized spacial score (nSPS) is 11.0. The number of aromatic nitrogens is 2. The highest BCUT2D eigenvalue weighted by Crippen LogP contribution is 2.32. The minimum Gasteiger partial charge on any atom is -0.494 e. The van der Waals surface area contributed by atoms with Crippen LogP contribution in [0.3, 0.4) is 0 Å². The van der Waals surface area contributed by atoms with Crippen LogP contribution in [0, 0.1) is 30.6 Å². The van der Waals surface area contributed by atoms with E-state index in [0.29, 0.717) is 22.9 Å². The lowest BCUT2D eigenvalue weighted by molar-refractivity contribution is 0.304. The van der Waals surface area contributed by atoms with Crippen molar-refractivity contribution in [2.24, 2.45) is 0 Å². The number of hydrogen-bond acceptors (Lipinski definition) is 5. The Morgan fingerprint density at radius 1 is 0.568 bits per heavy atom. The van der Waals surface area contributed by atoms with Crippen LogP contribution >= 0.6 is 0 Å². The second kappa shape index (κ2) is 14.0. The molecular formula is C39H36N2O3. The third kappa shape index (κ3) is 7.13. The Hall–Kier alpha value is -5.00. The van der Waals surface area contributed by atoms with Crippen LogP contribution < -0.4 is 4.74 Å². The highest BCUT2D eigenvalue weighted by Gasteiger charge is 2.14. The van der Waals surface area contributed by atoms with Crippen molar-refractivity contribution in [3.63, 3.8) is 0 Å². The van der Waals surface area contributed by atoms with E-state index in [1.165, 1.54) is 50.5 Å². The van der Waals surface area contributed by atoms with Gasteiger partial charge in [0.05, 0.1) is 6.61 Å². The van der Waals surface area contributed by atoms with Crippen LogP contribution in [0.2, 0.25) is 0 Å². The molecule has 0 aliphatic heterocycles. The van der Waals surface area contributed by atoms with Gasteiger partial charge >= 0.3 is 0 Å². The van der Waals surface area contributed by atoms with Crippen LogP contribution in [0.4, 0.5) is 0 Å². The lowest BCUT2D eigenvalue weighted by Gasteiger charge is -2.06. The Labute approximate surface area is 258 Å². The van der Waals surface area contributed by atoms with Gasteiger partial charge in [0.15, 0.2) is 11.2 Å². The van der Waals surface area contributed by atoms with Gasteiger partial charge in [-0.25, -0.2) is 9.97 Å². The number of benzene rings is 4. The van der Waals surface area contributed by atoms with Gasteiger partial charge < -0.3 is 13.6 Å². The van der Waals surface area contributed by atoms with Crippen molar-refractivity contribution >= 4 is 33.0 Å². The van der Waals surface area contributed by atoms with Crippen LogP contribution in [-0.4, -0.2) is 16.6 Å². The average molecular weight is 581 g/mol. The Balaban J connectivity index is 1.10. The maximum Gasteiger partial charge on any atom is 0.274 e. The van der Waals surface area contributed by atoms with Crippen LogP contribution in [0.25, 0.3) is 33.0 Å². The van der Waals surface area contributed by atoms with Gasteiger partial charge in [-0.05, 0) is 85.8 Å². The fraction of sp³-hybridized carbons (Fsp3) is 0.282. The molecule has 6 aromatic rings. The standard InChI is InChI=1S/C39H36N2O3/c1-3-4-5-6-7-8-9-10-27-42-31-19-15-30(16-20-31)18-26-37-41-35-24-22-32-33(39(35)44-37)21-23-34-38(32)43-36(40-34)25-17-29-13-11-28(2)12-14-29/h11-16,19-24H,3-10,27H2,1-2H3. The summed E-state index contributed by atoms with van der Waals surface area (Å²) in [6, 6.07) is 23.7. The number of oxazole rings is 2. The van der Waals surface area contributed by atoms with Crippen molar-refractivity contribution in [3.8, 4) is 29.4 Å². The number of ether oxygens (including phenoxy) is 1. The lowest BCUT2D eigenvalue weighted by atomic mass is 10.1. The lowest BCUT2D eigenvalue weighted by Crippen LogP contribution is -1.97. The zero-order chi connectivity index (χ0) is 30.1. The molecule has 0 N–H and O–H groups in total. The first-order chi connectivity index (χ1) is 21.7. The molecule has 220 valence electrons. The summed E-state index contributed by atoms with van der Waals surface area (Å²) in [6.07, 6.45) is 10.3. The largest absolute Gasteiger partial charge is 0.494 e. The summed E-state index contributed by atoms with van der Waals surface area (Å²) in [4.78, 5) is 9.17. The van der Waals surface area contributed by atoms with E-state index >= 15 is 0 Å². The molecule has 4 aromatic carbocycles. The SMILES string of the molecule is CCCCCCCCCCOc1ccc(C#Cc2nc3ccc4c(ccc5nc(C#Cc6ccc(C)cc6)oc54)c3o2)cc1. The Kier molecular flexibility index (Phi) is 9.24. The molecule has 0 saturated heterocycles. The Morgan fingerprint density at radius 2 is 1.07 bits per heavy atom. The fourth-order valence-electron chi connectivity index (χ4n) is 5.23. The minimum absolute atomic E-state index is 0.366. The van der Waals surface area contributed by atoms with Crippen molar-refractivity contribution in [1.82, 2.24) is 9.97 Å². The van der Waals surface area contributed by atoms with E-state index in [1.54, 1.807) is 0 Å². The third-order valence-corrected chi connectivity index (χ3v) is 7.70. The molecule has 0 unspecified atom stereocenters. The van der Waals surface area contributed by atoms with Crippen molar-refractivity contribution < 1.29 is 13.6 Å². The average Bonchev–Trinajstić information content (AvgIpc) is 3.67. The molecule has 0 bridgehead atoms. The summed E-state index contributed by atoms with van der Waals surface area (Å²) in [5, 5.41) is 1.78. The fourth-order valence-corrected chi connectivity index (χ4v) is 5.23. The summed E-state index contributed by atoms with van der Waals surface area (Å²) in [5.41, 5.74) is 5.81. The molecule has 5 nitrogen and oxygen atoms in total. The molecule has 0 atom stereocenters. The summed E-state index contributed by atoms with van der Waals surface area (Å²) in [5.74, 6) is 14.0. The van der Waals surface area contributed by atoms with Crippen LogP contribution in [0.15, 0.2) is 81.6 Å². The van der Waals surface area contributed by atoms with Gasteiger partial charge in [-0.1, -0.05) is 81.4 Å². The van der Waals surface area contributed by atoms with Gasteiger partial charge in [0.2, 0.25) is 0 Å². The summed E-state index contributed by atoms with van der Waals surface area (Å²) < 4.78 is 18.1. The number of hydrogen-bond donors (Lipinski definition) is 0. The molecule has 5 heteroatoms. The second-order valence-electron chi connectivity index (χ2n) is 11.2. The molecule has 0 amide bonds. The second-order valence-corrected chi connectivity index (χ2v) is 11.2. The van der Waals surface area contributed by atoms with Crippen LogP contribution in [0.1, 0.15) is 86.8 Å². The first-order valence-corrected chi connectivity index (χ1v) is 15.6. The molecule has 0 spiro atoms. The van der Waals surface area contributed by atoms with Gasteiger partial charge in [-0.3, -0.25) is 0 Å². The quantitative estimate of drug-likeness (QED) is 0.119. The minimum atomic E-state index is 0.366. The van der Waals surface area contributed by atoms with Crippen LogP contribution in [-0.2, 0) is 0 Å². The van der Waals surface area contributed by atoms with Gasteiger partial charge in [0, 0.05) is 21.9 Å². The Bertz CT molecular complexity index is 1990. The van der Waals surface area contributed by atoms with Gasteiger partial charge in [0.25, 0.3) is 11.8 Å². The molecule has 2 aromatic heterocycles. The van der Waals surface area contributed by atoms with Crippen molar-refractivity contribution in [2.45, 2.75) is 65.2 Å². The maximum absolute atomic E-state index is 6.11. The van der Waals surface area contributed by atoms with E-state index in [0.717, 1.165) is 51.7 Å². The Morgan fingerprint density at radius 3 is 1.61 bits per heavy atom. The van der Waals surface area contributed by atoms with E-state index in [1.807, 2.05) is 72.8 Å². The molecule has 0 radical (unpaired) electrons. The number of nitrogens with zero attached hydrogens (tertiary/aromatic N) is 2. The summed E-state index contributed by atoms with van der Waals surface area (Å²) >= 11 is 0. The summed E-state index contributed by atoms with van der Waals surface area (Å²) in [6.45, 7) is 5.06. The number of fused-ring (bicyclic) bond motifs is 5. The molecule has 0 fully saturated rings. The molecule has 0 aliphatic rings. The highest BCUT2D eigenvalue weighted by molar-refractivity contribution is 6.12. The highest BCUT2D eigenvalue weighted by atomic mass is 16.5. The van der Waals surface area contributed by atoms with Crippen molar-refractivity contribution in [2.75, 3.05) is 6.61 Å². The molecular weight excluding hydrogens is 544 g/mol. The topological polar surface area (TPSA) is 61.3 Å². The van der Waals surface area contributed by atoms with E-state index in [9.17, 15) is 0 Å². The molecule has 0 aliphatic carbocycles.